The summed E-state index contributed by atoms with van der Waals surface area (Å²) in [7, 11) is -4.13. The number of aromatic nitrogens is 1. The third-order valence-corrected chi connectivity index (χ3v) is 7.33. The van der Waals surface area contributed by atoms with E-state index in [0.29, 0.717) is 19.6 Å². The van der Waals surface area contributed by atoms with Gasteiger partial charge in [0.05, 0.1) is 17.1 Å². The summed E-state index contributed by atoms with van der Waals surface area (Å²) in [6, 6.07) is 8.61. The highest BCUT2D eigenvalue weighted by Gasteiger charge is 2.21. The first-order chi connectivity index (χ1) is 18.3. The summed E-state index contributed by atoms with van der Waals surface area (Å²) in [6.45, 7) is 3.02. The molecule has 1 aromatic carbocycles. The van der Waals surface area contributed by atoms with Gasteiger partial charge in [-0.2, -0.15) is 0 Å². The van der Waals surface area contributed by atoms with Crippen LogP contribution in [0.25, 0.3) is 0 Å². The van der Waals surface area contributed by atoms with Crippen molar-refractivity contribution in [1.29, 1.82) is 0 Å². The van der Waals surface area contributed by atoms with E-state index in [4.69, 9.17) is 14.2 Å². The first kappa shape index (κ1) is 29.1. The van der Waals surface area contributed by atoms with E-state index in [1.807, 2.05) is 11.6 Å². The van der Waals surface area contributed by atoms with E-state index >= 15 is 0 Å². The van der Waals surface area contributed by atoms with Crippen LogP contribution in [0.2, 0.25) is 0 Å². The number of hydrogen-bond donors (Lipinski definition) is 2. The summed E-state index contributed by atoms with van der Waals surface area (Å²) >= 11 is 0. The lowest BCUT2D eigenvalue weighted by Crippen LogP contribution is -2.33. The third-order valence-electron chi connectivity index (χ3n) is 5.99. The zero-order valence-corrected chi connectivity index (χ0v) is 22.1. The fourth-order valence-electron chi connectivity index (χ4n) is 3.93. The quantitative estimate of drug-likeness (QED) is 0.302. The lowest BCUT2D eigenvalue weighted by atomic mass is 9.88. The zero-order chi connectivity index (χ0) is 27.4. The van der Waals surface area contributed by atoms with Crippen molar-refractivity contribution in [2.24, 2.45) is 5.92 Å². The number of amides is 2. The van der Waals surface area contributed by atoms with Crippen LogP contribution in [0, 0.1) is 5.92 Å². The SMILES string of the molecule is CCOCCOC(=O)Oc1ccc(C(=O)NS(=O)(=O)c2ccc(CCNC(=O)C3CCCCC3)cc2)cn1. The Morgan fingerprint density at radius 2 is 1.74 bits per heavy atom. The van der Waals surface area contributed by atoms with Gasteiger partial charge in [0.25, 0.3) is 15.9 Å². The number of carbonyl (C=O) groups excluding carboxylic acids is 3. The Morgan fingerprint density at radius 1 is 1.00 bits per heavy atom. The van der Waals surface area contributed by atoms with E-state index < -0.39 is 22.1 Å². The first-order valence-corrected chi connectivity index (χ1v) is 14.1. The van der Waals surface area contributed by atoms with Gasteiger partial charge in [0.2, 0.25) is 11.8 Å². The second-order valence-electron chi connectivity index (χ2n) is 8.74. The van der Waals surface area contributed by atoms with Crippen LogP contribution in [-0.2, 0) is 30.7 Å². The van der Waals surface area contributed by atoms with Gasteiger partial charge in [0.15, 0.2) is 0 Å². The second kappa shape index (κ2) is 14.4. The van der Waals surface area contributed by atoms with Crippen LogP contribution in [0.3, 0.4) is 0 Å². The van der Waals surface area contributed by atoms with Crippen molar-refractivity contribution in [3.63, 3.8) is 0 Å². The fourth-order valence-corrected chi connectivity index (χ4v) is 4.91. The number of pyridine rings is 1. The average molecular weight is 548 g/mol. The molecular formula is C26H33N3O8S. The van der Waals surface area contributed by atoms with Gasteiger partial charge in [-0.3, -0.25) is 9.59 Å². The number of ether oxygens (including phenoxy) is 3. The van der Waals surface area contributed by atoms with Crippen molar-refractivity contribution in [2.45, 2.75) is 50.3 Å². The molecule has 1 aliphatic rings. The summed E-state index contributed by atoms with van der Waals surface area (Å²) in [5.41, 5.74) is 0.811. The highest BCUT2D eigenvalue weighted by atomic mass is 32.2. The topological polar surface area (TPSA) is 150 Å². The van der Waals surface area contributed by atoms with Gasteiger partial charge in [0, 0.05) is 31.3 Å². The Morgan fingerprint density at radius 3 is 2.39 bits per heavy atom. The van der Waals surface area contributed by atoms with Gasteiger partial charge >= 0.3 is 6.16 Å². The van der Waals surface area contributed by atoms with Crippen molar-refractivity contribution < 1.29 is 37.0 Å². The standard InChI is InChI=1S/C26H33N3O8S/c1-2-35-16-17-36-26(32)37-23-13-10-21(18-28-23)25(31)29-38(33,34)22-11-8-19(9-12-22)14-15-27-24(30)20-6-4-3-5-7-20/h8-13,18,20H,2-7,14-17H2,1H3,(H,27,30)(H,29,31). The van der Waals surface area contributed by atoms with Gasteiger partial charge in [0.1, 0.15) is 6.61 Å². The Bertz CT molecular complexity index is 1180. The lowest BCUT2D eigenvalue weighted by molar-refractivity contribution is -0.125. The van der Waals surface area contributed by atoms with Gasteiger partial charge in [-0.05, 0) is 49.9 Å². The van der Waals surface area contributed by atoms with Crippen molar-refractivity contribution in [3.8, 4) is 5.88 Å². The molecule has 2 amide bonds. The maximum Gasteiger partial charge on any atom is 0.515 e. The van der Waals surface area contributed by atoms with Gasteiger partial charge in [-0.1, -0.05) is 31.4 Å². The molecule has 2 aromatic rings. The highest BCUT2D eigenvalue weighted by molar-refractivity contribution is 7.90. The molecule has 1 fully saturated rings. The number of nitrogens with one attached hydrogen (secondary N) is 2. The second-order valence-corrected chi connectivity index (χ2v) is 10.4. The molecule has 1 saturated carbocycles. The highest BCUT2D eigenvalue weighted by Crippen LogP contribution is 2.23. The van der Waals surface area contributed by atoms with Gasteiger partial charge in [-0.25, -0.2) is 22.9 Å². The van der Waals surface area contributed by atoms with Gasteiger partial charge < -0.3 is 19.5 Å². The number of benzene rings is 1. The molecule has 0 bridgehead atoms. The van der Waals surface area contributed by atoms with Crippen LogP contribution in [0.1, 0.15) is 54.9 Å². The molecule has 12 heteroatoms. The van der Waals surface area contributed by atoms with Crippen LogP contribution in [-0.4, -0.2) is 57.7 Å². The zero-order valence-electron chi connectivity index (χ0n) is 21.3. The van der Waals surface area contributed by atoms with E-state index in [9.17, 15) is 22.8 Å². The Labute approximate surface area is 222 Å². The number of hydrogen-bond acceptors (Lipinski definition) is 9. The molecule has 206 valence electrons. The lowest BCUT2D eigenvalue weighted by Gasteiger charge is -2.20. The van der Waals surface area contributed by atoms with Crippen molar-refractivity contribution in [1.82, 2.24) is 15.0 Å². The molecule has 0 radical (unpaired) electrons. The Hall–Kier alpha value is -3.51. The summed E-state index contributed by atoms with van der Waals surface area (Å²) in [4.78, 5) is 40.1. The van der Waals surface area contributed by atoms with E-state index in [-0.39, 0.29) is 41.4 Å². The Balaban J connectivity index is 1.47. The maximum absolute atomic E-state index is 12.7. The molecule has 38 heavy (non-hydrogen) atoms. The molecule has 1 heterocycles. The average Bonchev–Trinajstić information content (AvgIpc) is 2.92. The molecule has 2 N–H and O–H groups in total. The molecule has 0 spiro atoms. The van der Waals surface area contributed by atoms with Crippen molar-refractivity contribution >= 4 is 28.0 Å². The maximum atomic E-state index is 12.7. The molecule has 0 unspecified atom stereocenters. The molecular weight excluding hydrogens is 514 g/mol. The number of carbonyl (C=O) groups is 3. The third kappa shape index (κ3) is 9.10. The number of rotatable bonds is 12. The number of nitrogens with zero attached hydrogens (tertiary/aromatic N) is 1. The van der Waals surface area contributed by atoms with Crippen LogP contribution in [0.4, 0.5) is 4.79 Å². The molecule has 1 aromatic heterocycles. The molecule has 11 nitrogen and oxygen atoms in total. The molecule has 1 aliphatic carbocycles. The van der Waals surface area contributed by atoms with E-state index in [2.05, 4.69) is 10.3 Å². The minimum atomic E-state index is -4.13. The predicted octanol–water partition coefficient (Wildman–Crippen LogP) is 2.99. The normalized spacial score (nSPS) is 13.9. The van der Waals surface area contributed by atoms with Crippen LogP contribution in [0.15, 0.2) is 47.5 Å². The van der Waals surface area contributed by atoms with Crippen LogP contribution >= 0.6 is 0 Å². The van der Waals surface area contributed by atoms with E-state index in [1.54, 1.807) is 12.1 Å². The van der Waals surface area contributed by atoms with Crippen molar-refractivity contribution in [2.75, 3.05) is 26.4 Å². The Kier molecular flexibility index (Phi) is 11.0. The van der Waals surface area contributed by atoms with E-state index in [1.165, 1.54) is 30.7 Å². The fraction of sp³-hybridized carbons (Fsp3) is 0.462. The number of sulfonamides is 1. The minimum absolute atomic E-state index is 0.0169. The smallest absolute Gasteiger partial charge is 0.431 e. The molecule has 3 rings (SSSR count). The van der Waals surface area contributed by atoms with E-state index in [0.717, 1.165) is 37.4 Å². The summed E-state index contributed by atoms with van der Waals surface area (Å²) in [6.07, 6.45) is 5.89. The van der Waals surface area contributed by atoms with Crippen LogP contribution < -0.4 is 14.8 Å². The molecule has 0 atom stereocenters. The molecule has 0 saturated heterocycles. The summed E-state index contributed by atoms with van der Waals surface area (Å²) in [5, 5.41) is 2.96. The van der Waals surface area contributed by atoms with Crippen molar-refractivity contribution in [3.05, 3.63) is 53.7 Å². The largest absolute Gasteiger partial charge is 0.515 e. The minimum Gasteiger partial charge on any atom is -0.431 e. The molecule has 0 aliphatic heterocycles. The monoisotopic (exact) mass is 547 g/mol. The predicted molar refractivity (Wildman–Crippen MR) is 137 cm³/mol. The van der Waals surface area contributed by atoms with Gasteiger partial charge in [-0.15, -0.1) is 0 Å². The van der Waals surface area contributed by atoms with Crippen LogP contribution in [0.5, 0.6) is 5.88 Å². The summed E-state index contributed by atoms with van der Waals surface area (Å²) in [5.74, 6) is -0.835. The first-order valence-electron chi connectivity index (χ1n) is 12.6. The summed E-state index contributed by atoms with van der Waals surface area (Å²) < 4.78 is 42.0.